The van der Waals surface area contributed by atoms with E-state index in [1.165, 1.54) is 11.3 Å². The fraction of sp³-hybridized carbons (Fsp3) is 0.400. The highest BCUT2D eigenvalue weighted by atomic mass is 32.2. The van der Waals surface area contributed by atoms with Crippen molar-refractivity contribution in [2.45, 2.75) is 13.0 Å². The second kappa shape index (κ2) is 8.43. The lowest BCUT2D eigenvalue weighted by Crippen LogP contribution is -2.40. The van der Waals surface area contributed by atoms with Gasteiger partial charge in [0.15, 0.2) is 5.96 Å². The maximum atomic E-state index is 10.9. The van der Waals surface area contributed by atoms with E-state index in [1.54, 1.807) is 0 Å². The number of thiophene rings is 1. The Morgan fingerprint density at radius 2 is 2.12 bits per heavy atom. The van der Waals surface area contributed by atoms with Gasteiger partial charge in [0.05, 0.1) is 12.3 Å². The Hall–Kier alpha value is -1.68. The topological polar surface area (TPSA) is 117 Å². The number of guanidine groups is 1. The highest BCUT2D eigenvalue weighted by Crippen LogP contribution is 2.29. The number of sulfonamides is 1. The molecule has 132 valence electrons. The lowest BCUT2D eigenvalue weighted by Gasteiger charge is -2.12. The van der Waals surface area contributed by atoms with Crippen LogP contribution in [-0.2, 0) is 10.0 Å². The molecule has 9 heteroatoms. The molecule has 0 saturated carbocycles. The van der Waals surface area contributed by atoms with Gasteiger partial charge in [0.25, 0.3) is 0 Å². The molecule has 0 bridgehead atoms. The number of aliphatic hydroxyl groups is 1. The van der Waals surface area contributed by atoms with Gasteiger partial charge in [-0.2, -0.15) is 0 Å². The molecule has 0 aliphatic heterocycles. The SMILES string of the molecule is CCNC(=NCC(O)c1cc2ccccc2s1)NCCS(N)(=O)=O. The Kier molecular flexibility index (Phi) is 6.55. The number of nitrogens with two attached hydrogens (primary N) is 1. The van der Waals surface area contributed by atoms with E-state index in [4.69, 9.17) is 5.14 Å². The minimum absolute atomic E-state index is 0.156. The number of benzene rings is 1. The molecule has 0 radical (unpaired) electrons. The van der Waals surface area contributed by atoms with E-state index < -0.39 is 16.1 Å². The number of fused-ring (bicyclic) bond motifs is 1. The predicted molar refractivity (Wildman–Crippen MR) is 98.7 cm³/mol. The van der Waals surface area contributed by atoms with Gasteiger partial charge in [0.1, 0.15) is 6.10 Å². The second-order valence-electron chi connectivity index (χ2n) is 5.22. The van der Waals surface area contributed by atoms with Crippen LogP contribution in [0, 0.1) is 0 Å². The largest absolute Gasteiger partial charge is 0.386 e. The Morgan fingerprint density at radius 1 is 1.38 bits per heavy atom. The quantitative estimate of drug-likeness (QED) is 0.424. The van der Waals surface area contributed by atoms with Crippen LogP contribution in [-0.4, -0.2) is 44.9 Å². The third-order valence-corrected chi connectivity index (χ3v) is 5.21. The summed E-state index contributed by atoms with van der Waals surface area (Å²) in [5.41, 5.74) is 0. The summed E-state index contributed by atoms with van der Waals surface area (Å²) < 4.78 is 23.0. The third kappa shape index (κ3) is 5.75. The van der Waals surface area contributed by atoms with Crippen LogP contribution in [0.5, 0.6) is 0 Å². The molecule has 0 saturated heterocycles. The Labute approximate surface area is 145 Å². The molecule has 2 aromatic rings. The molecule has 0 amide bonds. The van der Waals surface area contributed by atoms with Crippen LogP contribution in [0.15, 0.2) is 35.3 Å². The van der Waals surface area contributed by atoms with Crippen molar-refractivity contribution in [2.24, 2.45) is 10.1 Å². The van der Waals surface area contributed by atoms with E-state index in [0.717, 1.165) is 15.0 Å². The highest BCUT2D eigenvalue weighted by molar-refractivity contribution is 7.89. The van der Waals surface area contributed by atoms with Gasteiger partial charge < -0.3 is 15.7 Å². The van der Waals surface area contributed by atoms with E-state index in [9.17, 15) is 13.5 Å². The zero-order valence-electron chi connectivity index (χ0n) is 13.4. The maximum Gasteiger partial charge on any atom is 0.210 e. The van der Waals surface area contributed by atoms with Crippen molar-refractivity contribution in [3.8, 4) is 0 Å². The molecule has 5 N–H and O–H groups in total. The third-order valence-electron chi connectivity index (χ3n) is 3.22. The fourth-order valence-corrected chi connectivity index (χ4v) is 3.52. The van der Waals surface area contributed by atoms with Crippen LogP contribution in [0.25, 0.3) is 10.1 Å². The lowest BCUT2D eigenvalue weighted by molar-refractivity contribution is 0.191. The van der Waals surface area contributed by atoms with Crippen molar-refractivity contribution in [1.29, 1.82) is 0 Å². The van der Waals surface area contributed by atoms with Gasteiger partial charge in [-0.15, -0.1) is 11.3 Å². The molecule has 0 aliphatic carbocycles. The van der Waals surface area contributed by atoms with Gasteiger partial charge in [-0.05, 0) is 24.4 Å². The first kappa shape index (κ1) is 18.7. The minimum Gasteiger partial charge on any atom is -0.386 e. The Morgan fingerprint density at radius 3 is 2.79 bits per heavy atom. The Balaban J connectivity index is 1.98. The first-order valence-corrected chi connectivity index (χ1v) is 10.1. The van der Waals surface area contributed by atoms with E-state index in [1.807, 2.05) is 37.3 Å². The molecule has 1 aromatic carbocycles. The van der Waals surface area contributed by atoms with Crippen LogP contribution in [0.1, 0.15) is 17.9 Å². The monoisotopic (exact) mass is 370 g/mol. The van der Waals surface area contributed by atoms with Crippen molar-refractivity contribution in [1.82, 2.24) is 10.6 Å². The van der Waals surface area contributed by atoms with Crippen LogP contribution < -0.4 is 15.8 Å². The fourth-order valence-electron chi connectivity index (χ4n) is 2.09. The van der Waals surface area contributed by atoms with Crippen LogP contribution in [0.2, 0.25) is 0 Å². The van der Waals surface area contributed by atoms with Crippen molar-refractivity contribution in [2.75, 3.05) is 25.4 Å². The standard InChI is InChI=1S/C15H22N4O3S2/c1-2-17-15(18-7-8-24(16,21)22)19-10-12(20)14-9-11-5-3-4-6-13(11)23-14/h3-6,9,12,20H,2,7-8,10H2,1H3,(H2,16,21,22)(H2,17,18,19). The number of nitrogens with zero attached hydrogens (tertiary/aromatic N) is 1. The zero-order valence-corrected chi connectivity index (χ0v) is 15.0. The van der Waals surface area contributed by atoms with Crippen molar-refractivity contribution in [3.63, 3.8) is 0 Å². The van der Waals surface area contributed by atoms with E-state index >= 15 is 0 Å². The Bertz CT molecular complexity index is 769. The van der Waals surface area contributed by atoms with Crippen molar-refractivity contribution < 1.29 is 13.5 Å². The molecule has 0 aliphatic rings. The average Bonchev–Trinajstić information content (AvgIpc) is 2.95. The number of rotatable bonds is 7. The lowest BCUT2D eigenvalue weighted by atomic mass is 10.2. The van der Waals surface area contributed by atoms with Gasteiger partial charge in [0.2, 0.25) is 10.0 Å². The molecular formula is C15H22N4O3S2. The normalized spacial score (nSPS) is 13.9. The zero-order chi connectivity index (χ0) is 17.6. The van der Waals surface area contributed by atoms with E-state index in [-0.39, 0.29) is 18.8 Å². The number of aliphatic hydroxyl groups excluding tert-OH is 1. The van der Waals surface area contributed by atoms with Gasteiger partial charge in [0, 0.05) is 22.7 Å². The van der Waals surface area contributed by atoms with Gasteiger partial charge in [-0.3, -0.25) is 4.99 Å². The summed E-state index contributed by atoms with van der Waals surface area (Å²) in [5, 5.41) is 22.3. The van der Waals surface area contributed by atoms with E-state index in [0.29, 0.717) is 12.5 Å². The molecule has 0 fully saturated rings. The molecule has 0 spiro atoms. The number of hydrogen-bond donors (Lipinski definition) is 4. The van der Waals surface area contributed by atoms with Crippen molar-refractivity contribution in [3.05, 3.63) is 35.2 Å². The van der Waals surface area contributed by atoms with Crippen LogP contribution >= 0.6 is 11.3 Å². The summed E-state index contributed by atoms with van der Waals surface area (Å²) in [5.74, 6) is 0.261. The first-order valence-electron chi connectivity index (χ1n) is 7.58. The molecule has 2 rings (SSSR count). The number of primary sulfonamides is 1. The van der Waals surface area contributed by atoms with E-state index in [2.05, 4.69) is 15.6 Å². The predicted octanol–water partition coefficient (Wildman–Crippen LogP) is 0.778. The molecule has 1 aromatic heterocycles. The molecule has 7 nitrogen and oxygen atoms in total. The van der Waals surface area contributed by atoms with Crippen LogP contribution in [0.4, 0.5) is 0 Å². The first-order chi connectivity index (χ1) is 11.4. The maximum absolute atomic E-state index is 10.9. The molecule has 24 heavy (non-hydrogen) atoms. The summed E-state index contributed by atoms with van der Waals surface area (Å²) in [4.78, 5) is 5.14. The summed E-state index contributed by atoms with van der Waals surface area (Å²) in [6, 6.07) is 9.90. The average molecular weight is 371 g/mol. The second-order valence-corrected chi connectivity index (χ2v) is 8.07. The summed E-state index contributed by atoms with van der Waals surface area (Å²) in [6.07, 6.45) is -0.712. The number of hydrogen-bond acceptors (Lipinski definition) is 5. The summed E-state index contributed by atoms with van der Waals surface area (Å²) in [6.45, 7) is 2.86. The summed E-state index contributed by atoms with van der Waals surface area (Å²) >= 11 is 1.54. The molecule has 1 heterocycles. The molecule has 1 atom stereocenters. The number of nitrogens with one attached hydrogen (secondary N) is 2. The van der Waals surface area contributed by atoms with Crippen LogP contribution in [0.3, 0.4) is 0 Å². The highest BCUT2D eigenvalue weighted by Gasteiger charge is 2.11. The molecule has 1 unspecified atom stereocenters. The van der Waals surface area contributed by atoms with Gasteiger partial charge in [-0.1, -0.05) is 18.2 Å². The molecular weight excluding hydrogens is 348 g/mol. The minimum atomic E-state index is -3.52. The number of aliphatic imine (C=N–C) groups is 1. The van der Waals surface area contributed by atoms with Crippen molar-refractivity contribution >= 4 is 37.4 Å². The smallest absolute Gasteiger partial charge is 0.210 e. The summed E-state index contributed by atoms with van der Waals surface area (Å²) in [7, 11) is -3.52. The van der Waals surface area contributed by atoms with Gasteiger partial charge >= 0.3 is 0 Å². The van der Waals surface area contributed by atoms with Gasteiger partial charge in [-0.25, -0.2) is 13.6 Å².